The monoisotopic (exact) mass is 402 g/mol. The van der Waals surface area contributed by atoms with Gasteiger partial charge in [0.25, 0.3) is 5.91 Å². The molecule has 1 amide bonds. The lowest BCUT2D eigenvalue weighted by atomic mass is 10.1. The summed E-state index contributed by atoms with van der Waals surface area (Å²) in [6.45, 7) is 4.61. The van der Waals surface area contributed by atoms with Crippen LogP contribution in [0.5, 0.6) is 0 Å². The molecule has 0 aliphatic carbocycles. The average Bonchev–Trinajstić information content (AvgIpc) is 3.00. The lowest BCUT2D eigenvalue weighted by molar-refractivity contribution is -0.119. The molecule has 0 radical (unpaired) electrons. The van der Waals surface area contributed by atoms with E-state index in [1.807, 2.05) is 0 Å². The number of esters is 3. The Morgan fingerprint density at radius 1 is 0.966 bits per heavy atom. The van der Waals surface area contributed by atoms with Gasteiger partial charge in [0.1, 0.15) is 5.69 Å². The van der Waals surface area contributed by atoms with Crippen LogP contribution in [0.3, 0.4) is 0 Å². The molecule has 0 aliphatic rings. The number of carbonyl (C=O) groups excluding carboxylic acids is 4. The Morgan fingerprint density at radius 3 is 2.21 bits per heavy atom. The number of rotatable bonds is 7. The predicted molar refractivity (Wildman–Crippen MR) is 103 cm³/mol. The van der Waals surface area contributed by atoms with Crippen LogP contribution in [0.2, 0.25) is 0 Å². The zero-order valence-corrected chi connectivity index (χ0v) is 16.6. The van der Waals surface area contributed by atoms with Crippen LogP contribution in [0, 0.1) is 13.8 Å². The van der Waals surface area contributed by atoms with Crippen molar-refractivity contribution in [1.29, 1.82) is 0 Å². The van der Waals surface area contributed by atoms with E-state index < -0.39 is 30.4 Å². The Bertz CT molecular complexity index is 929. The fourth-order valence-electron chi connectivity index (χ4n) is 2.67. The minimum absolute atomic E-state index is 0.0841. The minimum Gasteiger partial charge on any atom is -0.465 e. The SMILES string of the molecule is CCOC(=O)c1c(C)[nH]c(C(=O)OCC(=O)Nc2ccc(C(=O)OC)cc2)c1C. The van der Waals surface area contributed by atoms with Crippen LogP contribution in [0.4, 0.5) is 5.69 Å². The maximum atomic E-state index is 12.3. The number of benzene rings is 1. The van der Waals surface area contributed by atoms with E-state index >= 15 is 0 Å². The molecule has 1 aromatic carbocycles. The average molecular weight is 402 g/mol. The molecule has 9 nitrogen and oxygen atoms in total. The first-order chi connectivity index (χ1) is 13.8. The van der Waals surface area contributed by atoms with Gasteiger partial charge < -0.3 is 24.5 Å². The van der Waals surface area contributed by atoms with Gasteiger partial charge in [-0.05, 0) is 50.6 Å². The Kier molecular flexibility index (Phi) is 7.13. The number of methoxy groups -OCH3 is 1. The number of hydrogen-bond acceptors (Lipinski definition) is 7. The lowest BCUT2D eigenvalue weighted by Crippen LogP contribution is -2.21. The molecular formula is C20H22N2O7. The fourth-order valence-corrected chi connectivity index (χ4v) is 2.67. The molecular weight excluding hydrogens is 380 g/mol. The third-order valence-electron chi connectivity index (χ3n) is 4.05. The van der Waals surface area contributed by atoms with Gasteiger partial charge in [0.15, 0.2) is 6.61 Å². The van der Waals surface area contributed by atoms with E-state index in [2.05, 4.69) is 15.0 Å². The third-order valence-corrected chi connectivity index (χ3v) is 4.05. The number of nitrogens with one attached hydrogen (secondary N) is 2. The molecule has 2 rings (SSSR count). The van der Waals surface area contributed by atoms with E-state index in [1.54, 1.807) is 20.8 Å². The van der Waals surface area contributed by atoms with E-state index in [1.165, 1.54) is 31.4 Å². The first-order valence-electron chi connectivity index (χ1n) is 8.80. The van der Waals surface area contributed by atoms with Crippen LogP contribution in [0.1, 0.15) is 49.4 Å². The Hall–Kier alpha value is -3.62. The topological polar surface area (TPSA) is 124 Å². The van der Waals surface area contributed by atoms with E-state index in [0.717, 1.165) is 0 Å². The van der Waals surface area contributed by atoms with Gasteiger partial charge in [0, 0.05) is 11.4 Å². The summed E-state index contributed by atoms with van der Waals surface area (Å²) >= 11 is 0. The molecule has 0 saturated carbocycles. The molecule has 2 aromatic rings. The van der Waals surface area contributed by atoms with Gasteiger partial charge in [-0.2, -0.15) is 0 Å². The maximum absolute atomic E-state index is 12.3. The molecule has 9 heteroatoms. The highest BCUT2D eigenvalue weighted by molar-refractivity contribution is 6.00. The first kappa shape index (κ1) is 21.7. The molecule has 0 atom stereocenters. The summed E-state index contributed by atoms with van der Waals surface area (Å²) in [6.07, 6.45) is 0. The quantitative estimate of drug-likeness (QED) is 0.538. The number of carbonyl (C=O) groups is 4. The largest absolute Gasteiger partial charge is 0.465 e. The number of H-pyrrole nitrogens is 1. The number of ether oxygens (including phenoxy) is 3. The van der Waals surface area contributed by atoms with Gasteiger partial charge in [0.2, 0.25) is 0 Å². The summed E-state index contributed by atoms with van der Waals surface area (Å²) in [5.41, 5.74) is 1.99. The van der Waals surface area contributed by atoms with Crippen LogP contribution in [0.15, 0.2) is 24.3 Å². The second kappa shape index (κ2) is 9.54. The highest BCUT2D eigenvalue weighted by Crippen LogP contribution is 2.20. The van der Waals surface area contributed by atoms with Crippen molar-refractivity contribution in [2.24, 2.45) is 0 Å². The van der Waals surface area contributed by atoms with E-state index in [9.17, 15) is 19.2 Å². The number of aromatic nitrogens is 1. The number of hydrogen-bond donors (Lipinski definition) is 2. The van der Waals surface area contributed by atoms with Crippen molar-refractivity contribution in [2.45, 2.75) is 20.8 Å². The minimum atomic E-state index is -0.766. The molecule has 0 saturated heterocycles. The summed E-state index contributed by atoms with van der Waals surface area (Å²) < 4.78 is 14.6. The van der Waals surface area contributed by atoms with E-state index in [0.29, 0.717) is 22.5 Å². The van der Waals surface area contributed by atoms with E-state index in [-0.39, 0.29) is 17.9 Å². The van der Waals surface area contributed by atoms with Crippen molar-refractivity contribution in [3.63, 3.8) is 0 Å². The van der Waals surface area contributed by atoms with Crippen LogP contribution >= 0.6 is 0 Å². The lowest BCUT2D eigenvalue weighted by Gasteiger charge is -2.07. The summed E-state index contributed by atoms with van der Waals surface area (Å²) in [6, 6.07) is 6.04. The van der Waals surface area contributed by atoms with Crippen molar-refractivity contribution in [3.05, 3.63) is 52.3 Å². The number of anilines is 1. The molecule has 29 heavy (non-hydrogen) atoms. The standard InChI is InChI=1S/C20H22N2O7/c1-5-28-19(25)16-11(2)17(21-12(16)3)20(26)29-10-15(23)22-14-8-6-13(7-9-14)18(24)27-4/h6-9,21H,5,10H2,1-4H3,(H,22,23). The van der Waals surface area contributed by atoms with Gasteiger partial charge >= 0.3 is 17.9 Å². The van der Waals surface area contributed by atoms with Gasteiger partial charge in [0.05, 0.1) is 24.8 Å². The highest BCUT2D eigenvalue weighted by Gasteiger charge is 2.24. The van der Waals surface area contributed by atoms with Gasteiger partial charge in [-0.1, -0.05) is 0 Å². The van der Waals surface area contributed by atoms with Crippen molar-refractivity contribution in [3.8, 4) is 0 Å². The summed E-state index contributed by atoms with van der Waals surface area (Å²) in [4.78, 5) is 50.5. The van der Waals surface area contributed by atoms with Crippen LogP contribution < -0.4 is 5.32 Å². The van der Waals surface area contributed by atoms with Crippen LogP contribution in [-0.2, 0) is 19.0 Å². The summed E-state index contributed by atoms with van der Waals surface area (Å²) in [7, 11) is 1.27. The van der Waals surface area contributed by atoms with Gasteiger partial charge in [-0.25, -0.2) is 14.4 Å². The molecule has 0 fully saturated rings. The van der Waals surface area contributed by atoms with Crippen molar-refractivity contribution in [2.75, 3.05) is 25.6 Å². The van der Waals surface area contributed by atoms with Crippen molar-refractivity contribution in [1.82, 2.24) is 4.98 Å². The zero-order valence-electron chi connectivity index (χ0n) is 16.6. The Morgan fingerprint density at radius 2 is 1.62 bits per heavy atom. The first-order valence-corrected chi connectivity index (χ1v) is 8.80. The molecule has 0 spiro atoms. The van der Waals surface area contributed by atoms with Crippen LogP contribution in [0.25, 0.3) is 0 Å². The summed E-state index contributed by atoms with van der Waals surface area (Å²) in [5, 5.41) is 2.55. The van der Waals surface area contributed by atoms with Gasteiger partial charge in [-0.15, -0.1) is 0 Å². The normalized spacial score (nSPS) is 10.2. The highest BCUT2D eigenvalue weighted by atomic mass is 16.5. The molecule has 0 aliphatic heterocycles. The second-order valence-corrected chi connectivity index (χ2v) is 6.04. The summed E-state index contributed by atoms with van der Waals surface area (Å²) in [5.74, 6) is -2.35. The molecule has 0 bridgehead atoms. The number of aromatic amines is 1. The molecule has 2 N–H and O–H groups in total. The smallest absolute Gasteiger partial charge is 0.355 e. The molecule has 1 aromatic heterocycles. The maximum Gasteiger partial charge on any atom is 0.355 e. The molecule has 0 unspecified atom stereocenters. The molecule has 154 valence electrons. The van der Waals surface area contributed by atoms with Crippen LogP contribution in [-0.4, -0.2) is 49.1 Å². The van der Waals surface area contributed by atoms with Gasteiger partial charge in [-0.3, -0.25) is 4.79 Å². The van der Waals surface area contributed by atoms with E-state index in [4.69, 9.17) is 9.47 Å². The predicted octanol–water partition coefficient (Wildman–Crippen LogP) is 2.39. The van der Waals surface area contributed by atoms with Crippen molar-refractivity contribution >= 4 is 29.5 Å². The number of amides is 1. The third kappa shape index (κ3) is 5.22. The molecule has 1 heterocycles. The fraction of sp³-hybridized carbons (Fsp3) is 0.300. The Labute approximate surface area is 167 Å². The van der Waals surface area contributed by atoms with Crippen molar-refractivity contribution < 1.29 is 33.4 Å². The second-order valence-electron chi connectivity index (χ2n) is 6.04. The zero-order chi connectivity index (χ0) is 21.6. The number of aryl methyl sites for hydroxylation is 1. The Balaban J connectivity index is 1.97.